The molecule has 0 fully saturated rings. The molecule has 1 atom stereocenters. The summed E-state index contributed by atoms with van der Waals surface area (Å²) in [5, 5.41) is 11.5. The van der Waals surface area contributed by atoms with Crippen molar-refractivity contribution in [3.63, 3.8) is 0 Å². The van der Waals surface area contributed by atoms with E-state index in [2.05, 4.69) is 5.32 Å². The molecule has 5 heteroatoms. The fourth-order valence-electron chi connectivity index (χ4n) is 1.43. The van der Waals surface area contributed by atoms with Crippen molar-refractivity contribution >= 4 is 11.9 Å². The number of carbonyl (C=O) groups is 2. The highest BCUT2D eigenvalue weighted by atomic mass is 16.4. The number of carbonyl (C=O) groups excluding carboxylic acids is 1. The molecule has 0 bridgehead atoms. The molecule has 0 saturated carbocycles. The fourth-order valence-corrected chi connectivity index (χ4v) is 1.43. The minimum atomic E-state index is -1.07. The number of hydrogen-bond donors (Lipinski definition) is 3. The van der Waals surface area contributed by atoms with Crippen LogP contribution in [0.4, 0.5) is 0 Å². The Hall–Kier alpha value is -1.88. The number of carboxylic acids is 1. The standard InChI is InChI=1S/C12H16N2O3/c13-8-4-7-10(15)14-11(12(16)17)9-5-2-1-3-6-9/h1-3,5-6,11H,4,7-8,13H2,(H,14,15)(H,16,17)/t11-/m0/s1. The zero-order valence-electron chi connectivity index (χ0n) is 9.43. The molecule has 1 amide bonds. The van der Waals surface area contributed by atoms with Crippen molar-refractivity contribution < 1.29 is 14.7 Å². The molecule has 0 saturated heterocycles. The van der Waals surface area contributed by atoms with E-state index in [4.69, 9.17) is 10.8 Å². The molecular formula is C12H16N2O3. The molecule has 0 unspecified atom stereocenters. The van der Waals surface area contributed by atoms with Crippen molar-refractivity contribution in [2.75, 3.05) is 6.54 Å². The zero-order valence-corrected chi connectivity index (χ0v) is 9.43. The van der Waals surface area contributed by atoms with Gasteiger partial charge in [-0.25, -0.2) is 4.79 Å². The van der Waals surface area contributed by atoms with Gasteiger partial charge in [-0.3, -0.25) is 4.79 Å². The third kappa shape index (κ3) is 4.24. The quantitative estimate of drug-likeness (QED) is 0.676. The highest BCUT2D eigenvalue weighted by Crippen LogP contribution is 2.12. The van der Waals surface area contributed by atoms with Crippen LogP contribution in [0.1, 0.15) is 24.4 Å². The monoisotopic (exact) mass is 236 g/mol. The molecule has 5 nitrogen and oxygen atoms in total. The maximum absolute atomic E-state index is 11.5. The third-order valence-electron chi connectivity index (χ3n) is 2.29. The van der Waals surface area contributed by atoms with Gasteiger partial charge in [-0.2, -0.15) is 0 Å². The first-order valence-corrected chi connectivity index (χ1v) is 5.42. The second-order valence-corrected chi connectivity index (χ2v) is 3.64. The molecule has 0 radical (unpaired) electrons. The van der Waals surface area contributed by atoms with Crippen LogP contribution in [0.5, 0.6) is 0 Å². The molecule has 92 valence electrons. The van der Waals surface area contributed by atoms with E-state index in [-0.39, 0.29) is 12.3 Å². The lowest BCUT2D eigenvalue weighted by atomic mass is 10.1. The van der Waals surface area contributed by atoms with Gasteiger partial charge in [0.2, 0.25) is 5.91 Å². The number of nitrogens with two attached hydrogens (primary N) is 1. The maximum Gasteiger partial charge on any atom is 0.330 e. The summed E-state index contributed by atoms with van der Waals surface area (Å²) in [6.45, 7) is 0.413. The number of nitrogens with one attached hydrogen (secondary N) is 1. The lowest BCUT2D eigenvalue weighted by molar-refractivity contribution is -0.142. The van der Waals surface area contributed by atoms with Crippen LogP contribution in [-0.2, 0) is 9.59 Å². The molecular weight excluding hydrogens is 220 g/mol. The molecule has 0 heterocycles. The van der Waals surface area contributed by atoms with E-state index in [1.54, 1.807) is 30.3 Å². The molecule has 1 aromatic carbocycles. The zero-order chi connectivity index (χ0) is 12.7. The highest BCUT2D eigenvalue weighted by Gasteiger charge is 2.21. The first-order chi connectivity index (χ1) is 8.15. The first kappa shape index (κ1) is 13.2. The normalized spacial score (nSPS) is 11.8. The summed E-state index contributed by atoms with van der Waals surface area (Å²) >= 11 is 0. The Balaban J connectivity index is 2.68. The van der Waals surface area contributed by atoms with Crippen LogP contribution in [-0.4, -0.2) is 23.5 Å². The average molecular weight is 236 g/mol. The van der Waals surface area contributed by atoms with Crippen LogP contribution in [0.15, 0.2) is 30.3 Å². The molecule has 0 spiro atoms. The van der Waals surface area contributed by atoms with Crippen LogP contribution in [0.25, 0.3) is 0 Å². The number of hydrogen-bond acceptors (Lipinski definition) is 3. The SMILES string of the molecule is NCCCC(=O)N[C@H](C(=O)O)c1ccccc1. The highest BCUT2D eigenvalue weighted by molar-refractivity contribution is 5.84. The second kappa shape index (κ2) is 6.65. The van der Waals surface area contributed by atoms with Gasteiger partial charge >= 0.3 is 5.97 Å². The third-order valence-corrected chi connectivity index (χ3v) is 2.29. The van der Waals surface area contributed by atoms with Gasteiger partial charge in [0.25, 0.3) is 0 Å². The lowest BCUT2D eigenvalue weighted by Gasteiger charge is -2.14. The van der Waals surface area contributed by atoms with Crippen LogP contribution in [0.3, 0.4) is 0 Å². The number of carboxylic acid groups (broad SMARTS) is 1. The van der Waals surface area contributed by atoms with Gasteiger partial charge in [-0.15, -0.1) is 0 Å². The van der Waals surface area contributed by atoms with Gasteiger partial charge in [-0.1, -0.05) is 30.3 Å². The predicted molar refractivity (Wildman–Crippen MR) is 63.2 cm³/mol. The van der Waals surface area contributed by atoms with Gasteiger partial charge in [-0.05, 0) is 18.5 Å². The largest absolute Gasteiger partial charge is 0.479 e. The second-order valence-electron chi connectivity index (χ2n) is 3.64. The molecule has 1 rings (SSSR count). The van der Waals surface area contributed by atoms with Crippen molar-refractivity contribution in [1.29, 1.82) is 0 Å². The Kier molecular flexibility index (Phi) is 5.16. The summed E-state index contributed by atoms with van der Waals surface area (Å²) in [6, 6.07) is 7.60. The fraction of sp³-hybridized carbons (Fsp3) is 0.333. The molecule has 0 aliphatic rings. The minimum absolute atomic E-state index is 0.243. The van der Waals surface area contributed by atoms with Crippen molar-refractivity contribution in [2.45, 2.75) is 18.9 Å². The minimum Gasteiger partial charge on any atom is -0.479 e. The summed E-state index contributed by atoms with van der Waals surface area (Å²) in [7, 11) is 0. The Bertz CT molecular complexity index is 379. The average Bonchev–Trinajstić information content (AvgIpc) is 2.34. The van der Waals surface area contributed by atoms with E-state index in [1.807, 2.05) is 0 Å². The van der Waals surface area contributed by atoms with Crippen LogP contribution >= 0.6 is 0 Å². The first-order valence-electron chi connectivity index (χ1n) is 5.42. The molecule has 0 aliphatic carbocycles. The van der Waals surface area contributed by atoms with Crippen molar-refractivity contribution in [3.05, 3.63) is 35.9 Å². The number of amides is 1. The number of rotatable bonds is 6. The summed E-state index contributed by atoms with van der Waals surface area (Å²) in [4.78, 5) is 22.5. The van der Waals surface area contributed by atoms with Crippen LogP contribution < -0.4 is 11.1 Å². The molecule has 1 aromatic rings. The van der Waals surface area contributed by atoms with Crippen molar-refractivity contribution in [2.24, 2.45) is 5.73 Å². The Labute approximate surface area is 99.6 Å². The van der Waals surface area contributed by atoms with E-state index < -0.39 is 12.0 Å². The summed E-state index contributed by atoms with van der Waals surface area (Å²) in [5.74, 6) is -1.37. The van der Waals surface area contributed by atoms with Gasteiger partial charge in [0.1, 0.15) is 0 Å². The van der Waals surface area contributed by atoms with Crippen LogP contribution in [0, 0.1) is 0 Å². The Morgan fingerprint density at radius 3 is 2.47 bits per heavy atom. The number of aliphatic carboxylic acids is 1. The smallest absolute Gasteiger partial charge is 0.330 e. The van der Waals surface area contributed by atoms with Gasteiger partial charge in [0.05, 0.1) is 0 Å². The molecule has 0 aromatic heterocycles. The van der Waals surface area contributed by atoms with Crippen molar-refractivity contribution in [3.8, 4) is 0 Å². The molecule has 17 heavy (non-hydrogen) atoms. The van der Waals surface area contributed by atoms with Gasteiger partial charge in [0.15, 0.2) is 6.04 Å². The van der Waals surface area contributed by atoms with Crippen molar-refractivity contribution in [1.82, 2.24) is 5.32 Å². The van der Waals surface area contributed by atoms with E-state index in [0.717, 1.165) is 0 Å². The van der Waals surface area contributed by atoms with Gasteiger partial charge < -0.3 is 16.2 Å². The Morgan fingerprint density at radius 2 is 1.94 bits per heavy atom. The van der Waals surface area contributed by atoms with E-state index in [1.165, 1.54) is 0 Å². The Morgan fingerprint density at radius 1 is 1.29 bits per heavy atom. The summed E-state index contributed by atoms with van der Waals surface area (Å²) in [5.41, 5.74) is 5.84. The maximum atomic E-state index is 11.5. The lowest BCUT2D eigenvalue weighted by Crippen LogP contribution is -2.33. The van der Waals surface area contributed by atoms with Gasteiger partial charge in [0, 0.05) is 6.42 Å². The summed E-state index contributed by atoms with van der Waals surface area (Å²) < 4.78 is 0. The molecule has 0 aliphatic heterocycles. The van der Waals surface area contributed by atoms with E-state index in [0.29, 0.717) is 18.5 Å². The molecule has 4 N–H and O–H groups in total. The van der Waals surface area contributed by atoms with Crippen LogP contribution in [0.2, 0.25) is 0 Å². The summed E-state index contributed by atoms with van der Waals surface area (Å²) in [6.07, 6.45) is 0.792. The van der Waals surface area contributed by atoms with E-state index >= 15 is 0 Å². The van der Waals surface area contributed by atoms with E-state index in [9.17, 15) is 9.59 Å². The predicted octanol–water partition coefficient (Wildman–Crippen LogP) is 0.667. The number of benzene rings is 1. The topological polar surface area (TPSA) is 92.4 Å².